The third kappa shape index (κ3) is 2.33. The zero-order chi connectivity index (χ0) is 9.68. The van der Waals surface area contributed by atoms with Gasteiger partial charge in [-0.2, -0.15) is 0 Å². The number of nitrogens with one attached hydrogen (secondary N) is 1. The van der Waals surface area contributed by atoms with Crippen LogP contribution in [0.5, 0.6) is 0 Å². The van der Waals surface area contributed by atoms with Crippen molar-refractivity contribution in [2.24, 2.45) is 0 Å². The van der Waals surface area contributed by atoms with Crippen molar-refractivity contribution in [2.75, 3.05) is 7.05 Å². The van der Waals surface area contributed by atoms with Crippen LogP contribution in [-0.2, 0) is 4.79 Å². The molecule has 0 amide bonds. The van der Waals surface area contributed by atoms with Gasteiger partial charge in [0, 0.05) is 13.2 Å². The minimum Gasteiger partial charge on any atom is -0.478 e. The molecule has 1 rings (SSSR count). The molecule has 0 spiro atoms. The zero-order valence-corrected chi connectivity index (χ0v) is 7.32. The van der Waals surface area contributed by atoms with E-state index in [1.165, 1.54) is 6.20 Å². The Balaban J connectivity index is 3.03. The number of rotatable bonds is 3. The van der Waals surface area contributed by atoms with E-state index in [0.29, 0.717) is 5.56 Å². The first-order chi connectivity index (χ1) is 6.25. The Morgan fingerprint density at radius 3 is 2.46 bits per heavy atom. The van der Waals surface area contributed by atoms with E-state index in [2.05, 4.69) is 5.32 Å². The Morgan fingerprint density at radius 1 is 1.38 bits per heavy atom. The first-order valence-electron chi connectivity index (χ1n) is 3.92. The summed E-state index contributed by atoms with van der Waals surface area (Å²) in [6.45, 7) is 0. The monoisotopic (exact) mass is 177 g/mol. The van der Waals surface area contributed by atoms with E-state index in [1.54, 1.807) is 19.2 Å². The second-order valence-electron chi connectivity index (χ2n) is 2.52. The number of carboxylic acid groups (broad SMARTS) is 1. The number of hydrogen-bond acceptors (Lipinski definition) is 2. The van der Waals surface area contributed by atoms with E-state index < -0.39 is 5.97 Å². The molecule has 3 heteroatoms. The molecule has 0 heterocycles. The van der Waals surface area contributed by atoms with Crippen LogP contribution in [0.25, 0.3) is 5.57 Å². The van der Waals surface area contributed by atoms with Gasteiger partial charge in [0.1, 0.15) is 0 Å². The third-order valence-corrected chi connectivity index (χ3v) is 1.60. The minimum atomic E-state index is -0.930. The summed E-state index contributed by atoms with van der Waals surface area (Å²) in [5, 5.41) is 11.6. The Hall–Kier alpha value is -1.77. The minimum absolute atomic E-state index is 0.267. The molecule has 0 saturated carbocycles. The maximum atomic E-state index is 10.8. The Kier molecular flexibility index (Phi) is 3.09. The van der Waals surface area contributed by atoms with E-state index in [0.717, 1.165) is 0 Å². The normalized spacial score (nSPS) is 11.0. The van der Waals surface area contributed by atoms with Gasteiger partial charge in [-0.1, -0.05) is 30.3 Å². The summed E-state index contributed by atoms with van der Waals surface area (Å²) in [6, 6.07) is 8.99. The van der Waals surface area contributed by atoms with Gasteiger partial charge in [0.15, 0.2) is 0 Å². The number of aliphatic carboxylic acids is 1. The molecule has 0 bridgehead atoms. The van der Waals surface area contributed by atoms with Gasteiger partial charge < -0.3 is 10.4 Å². The van der Waals surface area contributed by atoms with Gasteiger partial charge in [0.05, 0.1) is 5.57 Å². The Labute approximate surface area is 76.7 Å². The fourth-order valence-corrected chi connectivity index (χ4v) is 1.03. The van der Waals surface area contributed by atoms with Gasteiger partial charge in [0.25, 0.3) is 0 Å². The molecule has 1 aromatic rings. The largest absolute Gasteiger partial charge is 0.478 e. The van der Waals surface area contributed by atoms with Gasteiger partial charge >= 0.3 is 5.97 Å². The summed E-state index contributed by atoms with van der Waals surface area (Å²) in [7, 11) is 1.67. The van der Waals surface area contributed by atoms with Gasteiger partial charge in [0.2, 0.25) is 0 Å². The predicted molar refractivity (Wildman–Crippen MR) is 51.1 cm³/mol. The van der Waals surface area contributed by atoms with E-state index in [1.807, 2.05) is 18.2 Å². The molecule has 0 radical (unpaired) electrons. The molecular formula is C10H11NO2. The first kappa shape index (κ1) is 9.32. The molecule has 0 unspecified atom stereocenters. The van der Waals surface area contributed by atoms with Crippen molar-refractivity contribution < 1.29 is 9.90 Å². The fraction of sp³-hybridized carbons (Fsp3) is 0.100. The highest BCUT2D eigenvalue weighted by atomic mass is 16.4. The molecule has 0 saturated heterocycles. The van der Waals surface area contributed by atoms with Crippen LogP contribution in [-0.4, -0.2) is 18.1 Å². The van der Waals surface area contributed by atoms with Crippen LogP contribution < -0.4 is 5.32 Å². The smallest absolute Gasteiger partial charge is 0.337 e. The lowest BCUT2D eigenvalue weighted by molar-refractivity contribution is -0.130. The highest BCUT2D eigenvalue weighted by molar-refractivity contribution is 6.15. The fourth-order valence-electron chi connectivity index (χ4n) is 1.03. The van der Waals surface area contributed by atoms with E-state index in [9.17, 15) is 4.79 Å². The quantitative estimate of drug-likeness (QED) is 0.685. The van der Waals surface area contributed by atoms with Crippen LogP contribution in [0.15, 0.2) is 36.5 Å². The summed E-state index contributed by atoms with van der Waals surface area (Å²) in [4.78, 5) is 10.8. The van der Waals surface area contributed by atoms with Gasteiger partial charge in [-0.3, -0.25) is 0 Å². The number of benzene rings is 1. The molecule has 13 heavy (non-hydrogen) atoms. The molecule has 3 nitrogen and oxygen atoms in total. The van der Waals surface area contributed by atoms with Crippen molar-refractivity contribution >= 4 is 11.5 Å². The lowest BCUT2D eigenvalue weighted by atomic mass is 10.1. The zero-order valence-electron chi connectivity index (χ0n) is 7.32. The standard InChI is InChI=1S/C10H11NO2/c1-11-7-9(10(12)13)8-5-3-2-4-6-8/h2-7,11H,1H3,(H,12,13). The number of carboxylic acids is 1. The van der Waals surface area contributed by atoms with Crippen molar-refractivity contribution in [1.29, 1.82) is 0 Å². The van der Waals surface area contributed by atoms with E-state index in [-0.39, 0.29) is 5.57 Å². The van der Waals surface area contributed by atoms with Gasteiger partial charge in [-0.05, 0) is 5.56 Å². The summed E-state index contributed by atoms with van der Waals surface area (Å²) >= 11 is 0. The molecular weight excluding hydrogens is 166 g/mol. The molecule has 68 valence electrons. The number of carbonyl (C=O) groups is 1. The second kappa shape index (κ2) is 4.30. The van der Waals surface area contributed by atoms with Crippen molar-refractivity contribution in [2.45, 2.75) is 0 Å². The predicted octanol–water partition coefficient (Wildman–Crippen LogP) is 1.33. The third-order valence-electron chi connectivity index (χ3n) is 1.60. The van der Waals surface area contributed by atoms with Crippen LogP contribution in [0.3, 0.4) is 0 Å². The first-order valence-corrected chi connectivity index (χ1v) is 3.92. The second-order valence-corrected chi connectivity index (χ2v) is 2.52. The van der Waals surface area contributed by atoms with Crippen LogP contribution in [0, 0.1) is 0 Å². The lowest BCUT2D eigenvalue weighted by Crippen LogP contribution is -2.04. The summed E-state index contributed by atoms with van der Waals surface area (Å²) in [6.07, 6.45) is 1.47. The average Bonchev–Trinajstić information content (AvgIpc) is 2.15. The van der Waals surface area contributed by atoms with Gasteiger partial charge in [-0.25, -0.2) is 4.79 Å². The maximum Gasteiger partial charge on any atom is 0.337 e. The Bertz CT molecular complexity index is 317. The molecule has 2 N–H and O–H groups in total. The highest BCUT2D eigenvalue weighted by Crippen LogP contribution is 2.12. The SMILES string of the molecule is CNC=C(C(=O)O)c1ccccc1. The van der Waals surface area contributed by atoms with E-state index >= 15 is 0 Å². The van der Waals surface area contributed by atoms with Gasteiger partial charge in [-0.15, -0.1) is 0 Å². The number of hydrogen-bond donors (Lipinski definition) is 2. The topological polar surface area (TPSA) is 49.3 Å². The molecule has 1 aromatic carbocycles. The molecule has 0 aliphatic carbocycles. The van der Waals surface area contributed by atoms with Crippen LogP contribution in [0.2, 0.25) is 0 Å². The van der Waals surface area contributed by atoms with Crippen molar-refractivity contribution in [3.8, 4) is 0 Å². The molecule has 0 aliphatic heterocycles. The Morgan fingerprint density at radius 2 is 2.00 bits per heavy atom. The van der Waals surface area contributed by atoms with Crippen LogP contribution >= 0.6 is 0 Å². The molecule has 0 aromatic heterocycles. The highest BCUT2D eigenvalue weighted by Gasteiger charge is 2.08. The lowest BCUT2D eigenvalue weighted by Gasteiger charge is -2.01. The maximum absolute atomic E-state index is 10.8. The molecule has 0 aliphatic rings. The van der Waals surface area contributed by atoms with Crippen molar-refractivity contribution in [1.82, 2.24) is 5.32 Å². The summed E-state index contributed by atoms with van der Waals surface area (Å²) in [5.41, 5.74) is 0.965. The summed E-state index contributed by atoms with van der Waals surface area (Å²) in [5.74, 6) is -0.930. The average molecular weight is 177 g/mol. The molecule has 0 fully saturated rings. The van der Waals surface area contributed by atoms with Crippen LogP contribution in [0.1, 0.15) is 5.56 Å². The van der Waals surface area contributed by atoms with Crippen molar-refractivity contribution in [3.63, 3.8) is 0 Å². The molecule has 0 atom stereocenters. The van der Waals surface area contributed by atoms with E-state index in [4.69, 9.17) is 5.11 Å². The van der Waals surface area contributed by atoms with Crippen LogP contribution in [0.4, 0.5) is 0 Å². The summed E-state index contributed by atoms with van der Waals surface area (Å²) < 4.78 is 0. The van der Waals surface area contributed by atoms with Crippen molar-refractivity contribution in [3.05, 3.63) is 42.1 Å².